The van der Waals surface area contributed by atoms with E-state index in [1.807, 2.05) is 35.7 Å². The van der Waals surface area contributed by atoms with Gasteiger partial charge in [-0.1, -0.05) is 30.3 Å². The Bertz CT molecular complexity index is 642. The van der Waals surface area contributed by atoms with Gasteiger partial charge in [-0.05, 0) is 30.4 Å². The molecule has 0 bridgehead atoms. The summed E-state index contributed by atoms with van der Waals surface area (Å²) in [5.41, 5.74) is 1.63. The first-order chi connectivity index (χ1) is 11.6. The predicted octanol–water partition coefficient (Wildman–Crippen LogP) is 2.15. The minimum absolute atomic E-state index is 0.0303. The van der Waals surface area contributed by atoms with E-state index < -0.39 is 6.10 Å². The van der Waals surface area contributed by atoms with Crippen molar-refractivity contribution in [1.29, 1.82) is 0 Å². The number of nitrogens with one attached hydrogen (secondary N) is 2. The maximum Gasteiger partial charge on any atom is 0.252 e. The molecule has 2 amide bonds. The maximum atomic E-state index is 12.0. The minimum Gasteiger partial charge on any atom is -0.393 e. The molecule has 1 aromatic carbocycles. The second-order valence-electron chi connectivity index (χ2n) is 5.69. The smallest absolute Gasteiger partial charge is 0.252 e. The highest BCUT2D eigenvalue weighted by molar-refractivity contribution is 7.08. The van der Waals surface area contributed by atoms with E-state index in [1.165, 1.54) is 11.3 Å². The van der Waals surface area contributed by atoms with Gasteiger partial charge in [0.2, 0.25) is 5.91 Å². The number of benzene rings is 1. The lowest BCUT2D eigenvalue weighted by atomic mass is 9.93. The van der Waals surface area contributed by atoms with Crippen LogP contribution in [0.4, 0.5) is 0 Å². The number of amides is 2. The van der Waals surface area contributed by atoms with Gasteiger partial charge >= 0.3 is 0 Å². The van der Waals surface area contributed by atoms with Gasteiger partial charge in [-0.2, -0.15) is 11.3 Å². The quantitative estimate of drug-likeness (QED) is 0.685. The highest BCUT2D eigenvalue weighted by atomic mass is 32.1. The molecule has 5 nitrogen and oxygen atoms in total. The molecule has 24 heavy (non-hydrogen) atoms. The van der Waals surface area contributed by atoms with Crippen LogP contribution in [0.1, 0.15) is 35.2 Å². The number of aliphatic hydroxyl groups is 1. The Kier molecular flexibility index (Phi) is 6.96. The van der Waals surface area contributed by atoms with E-state index >= 15 is 0 Å². The predicted molar refractivity (Wildman–Crippen MR) is 95.1 cm³/mol. The lowest BCUT2D eigenvalue weighted by molar-refractivity contribution is -0.120. The summed E-state index contributed by atoms with van der Waals surface area (Å²) >= 11 is 1.43. The van der Waals surface area contributed by atoms with E-state index in [0.717, 1.165) is 5.56 Å². The molecule has 0 aliphatic heterocycles. The van der Waals surface area contributed by atoms with Crippen molar-refractivity contribution in [3.63, 3.8) is 0 Å². The average Bonchev–Trinajstić information content (AvgIpc) is 3.11. The number of thiophene rings is 1. The molecular weight excluding hydrogens is 324 g/mol. The third-order valence-electron chi connectivity index (χ3n) is 3.64. The topological polar surface area (TPSA) is 78.4 Å². The fourth-order valence-electron chi connectivity index (χ4n) is 2.43. The molecule has 2 aromatic rings. The zero-order chi connectivity index (χ0) is 17.4. The Morgan fingerprint density at radius 3 is 2.54 bits per heavy atom. The molecule has 128 valence electrons. The summed E-state index contributed by atoms with van der Waals surface area (Å²) in [5, 5.41) is 18.6. The highest BCUT2D eigenvalue weighted by Crippen LogP contribution is 2.20. The first kappa shape index (κ1) is 18.2. The van der Waals surface area contributed by atoms with Crippen molar-refractivity contribution in [1.82, 2.24) is 10.6 Å². The van der Waals surface area contributed by atoms with Crippen LogP contribution in [0.15, 0.2) is 47.2 Å². The van der Waals surface area contributed by atoms with Crippen LogP contribution < -0.4 is 10.6 Å². The lowest BCUT2D eigenvalue weighted by Gasteiger charge is -2.19. The van der Waals surface area contributed by atoms with Gasteiger partial charge in [0, 0.05) is 23.4 Å². The van der Waals surface area contributed by atoms with Gasteiger partial charge in [0.15, 0.2) is 0 Å². The van der Waals surface area contributed by atoms with E-state index in [-0.39, 0.29) is 24.3 Å². The second kappa shape index (κ2) is 9.20. The molecule has 0 saturated heterocycles. The normalized spacial score (nSPS) is 13.1. The van der Waals surface area contributed by atoms with E-state index in [1.54, 1.807) is 18.4 Å². The molecule has 0 aliphatic carbocycles. The van der Waals surface area contributed by atoms with Crippen LogP contribution in [0.3, 0.4) is 0 Å². The van der Waals surface area contributed by atoms with Gasteiger partial charge in [-0.25, -0.2) is 0 Å². The van der Waals surface area contributed by atoms with E-state index in [4.69, 9.17) is 0 Å². The summed E-state index contributed by atoms with van der Waals surface area (Å²) in [4.78, 5) is 23.8. The van der Waals surface area contributed by atoms with Gasteiger partial charge in [-0.15, -0.1) is 0 Å². The van der Waals surface area contributed by atoms with Gasteiger partial charge in [-0.3, -0.25) is 9.59 Å². The monoisotopic (exact) mass is 346 g/mol. The number of carbonyl (C=O) groups excluding carboxylic acids is 2. The molecule has 0 radical (unpaired) electrons. The van der Waals surface area contributed by atoms with E-state index in [9.17, 15) is 14.7 Å². The largest absolute Gasteiger partial charge is 0.393 e. The Balaban J connectivity index is 1.82. The highest BCUT2D eigenvalue weighted by Gasteiger charge is 2.16. The van der Waals surface area contributed by atoms with E-state index in [2.05, 4.69) is 10.6 Å². The summed E-state index contributed by atoms with van der Waals surface area (Å²) in [6, 6.07) is 11.5. The zero-order valence-corrected chi connectivity index (χ0v) is 14.4. The number of carbonyl (C=O) groups is 2. The molecule has 0 saturated carbocycles. The second-order valence-corrected chi connectivity index (χ2v) is 6.47. The van der Waals surface area contributed by atoms with Crippen LogP contribution in [-0.4, -0.2) is 36.1 Å². The zero-order valence-electron chi connectivity index (χ0n) is 13.6. The first-order valence-electron chi connectivity index (χ1n) is 7.86. The summed E-state index contributed by atoms with van der Waals surface area (Å²) in [6.07, 6.45) is 0.108. The number of hydrogen-bond donors (Lipinski definition) is 3. The van der Waals surface area contributed by atoms with Crippen molar-refractivity contribution in [3.8, 4) is 0 Å². The van der Waals surface area contributed by atoms with Crippen LogP contribution in [0.5, 0.6) is 0 Å². The van der Waals surface area contributed by atoms with Gasteiger partial charge in [0.05, 0.1) is 12.6 Å². The molecule has 2 rings (SSSR count). The number of aliphatic hydroxyl groups excluding tert-OH is 1. The number of rotatable bonds is 8. The first-order valence-corrected chi connectivity index (χ1v) is 8.80. The lowest BCUT2D eigenvalue weighted by Crippen LogP contribution is -2.38. The summed E-state index contributed by atoms with van der Waals surface area (Å²) in [7, 11) is 0. The van der Waals surface area contributed by atoms with Crippen molar-refractivity contribution >= 4 is 23.2 Å². The minimum atomic E-state index is -0.453. The molecule has 2 unspecified atom stereocenters. The fraction of sp³-hybridized carbons (Fsp3) is 0.333. The SMILES string of the molecule is CC(O)CC(CNC(=O)CNC(=O)c1ccsc1)c1ccccc1. The molecular formula is C18H22N2O3S. The van der Waals surface area contributed by atoms with Gasteiger partial charge in [0.25, 0.3) is 5.91 Å². The van der Waals surface area contributed by atoms with Crippen LogP contribution >= 0.6 is 11.3 Å². The van der Waals surface area contributed by atoms with Crippen LogP contribution in [-0.2, 0) is 4.79 Å². The van der Waals surface area contributed by atoms with Crippen molar-refractivity contribution < 1.29 is 14.7 Å². The maximum absolute atomic E-state index is 12.0. The number of hydrogen-bond acceptors (Lipinski definition) is 4. The Morgan fingerprint density at radius 1 is 1.17 bits per heavy atom. The standard InChI is InChI=1S/C18H22N2O3S/c1-13(21)9-16(14-5-3-2-4-6-14)10-19-17(22)11-20-18(23)15-7-8-24-12-15/h2-8,12-13,16,21H,9-11H2,1H3,(H,19,22)(H,20,23). The Hall–Kier alpha value is -2.18. The van der Waals surface area contributed by atoms with Crippen molar-refractivity contribution in [3.05, 3.63) is 58.3 Å². The Labute approximate surface area is 145 Å². The molecule has 3 N–H and O–H groups in total. The van der Waals surface area contributed by atoms with E-state index in [0.29, 0.717) is 18.5 Å². The summed E-state index contributed by atoms with van der Waals surface area (Å²) in [5.74, 6) is -0.470. The van der Waals surface area contributed by atoms with Crippen LogP contribution in [0.2, 0.25) is 0 Å². The summed E-state index contributed by atoms with van der Waals surface area (Å²) < 4.78 is 0. The molecule has 0 aliphatic rings. The Morgan fingerprint density at radius 2 is 1.92 bits per heavy atom. The van der Waals surface area contributed by atoms with Gasteiger partial charge in [0.1, 0.15) is 0 Å². The molecule has 0 fully saturated rings. The van der Waals surface area contributed by atoms with Crippen molar-refractivity contribution in [2.75, 3.05) is 13.1 Å². The third-order valence-corrected chi connectivity index (χ3v) is 4.32. The van der Waals surface area contributed by atoms with Crippen molar-refractivity contribution in [2.45, 2.75) is 25.4 Å². The van der Waals surface area contributed by atoms with Crippen LogP contribution in [0.25, 0.3) is 0 Å². The average molecular weight is 346 g/mol. The van der Waals surface area contributed by atoms with Crippen LogP contribution in [0, 0.1) is 0 Å². The molecule has 0 spiro atoms. The summed E-state index contributed by atoms with van der Waals surface area (Å²) in [6.45, 7) is 2.09. The van der Waals surface area contributed by atoms with Crippen molar-refractivity contribution in [2.24, 2.45) is 0 Å². The third kappa shape index (κ3) is 5.79. The molecule has 6 heteroatoms. The molecule has 2 atom stereocenters. The molecule has 1 heterocycles. The van der Waals surface area contributed by atoms with Gasteiger partial charge < -0.3 is 15.7 Å². The molecule has 1 aromatic heterocycles. The fourth-order valence-corrected chi connectivity index (χ4v) is 3.07.